The van der Waals surface area contributed by atoms with Crippen LogP contribution in [-0.4, -0.2) is 59.3 Å². The molecule has 0 saturated carbocycles. The topological polar surface area (TPSA) is 148 Å². The lowest BCUT2D eigenvalue weighted by atomic mass is 10.1. The van der Waals surface area contributed by atoms with Crippen LogP contribution in [0.4, 0.5) is 21.7 Å². The third-order valence-corrected chi connectivity index (χ3v) is 10.2. The molecule has 1 aliphatic rings. The third-order valence-electron chi connectivity index (χ3n) is 7.72. The molecule has 2 N–H and O–H groups in total. The Balaban J connectivity index is 1.30. The Morgan fingerprint density at radius 1 is 1.07 bits per heavy atom. The molecule has 46 heavy (non-hydrogen) atoms. The maximum atomic E-state index is 15.1. The van der Waals surface area contributed by atoms with Crippen LogP contribution in [0.1, 0.15) is 10.4 Å². The van der Waals surface area contributed by atoms with Gasteiger partial charge in [-0.15, -0.1) is 11.3 Å². The van der Waals surface area contributed by atoms with E-state index in [2.05, 4.69) is 30.7 Å². The van der Waals surface area contributed by atoms with Crippen LogP contribution in [0.2, 0.25) is 0 Å². The van der Waals surface area contributed by atoms with Crippen LogP contribution in [0.5, 0.6) is 0 Å². The lowest BCUT2D eigenvalue weighted by molar-refractivity contribution is 0.336. The average molecular weight is 659 g/mol. The van der Waals surface area contributed by atoms with E-state index in [0.29, 0.717) is 41.1 Å². The Kier molecular flexibility index (Phi) is 7.80. The molecule has 0 radical (unpaired) electrons. The highest BCUT2D eigenvalue weighted by Gasteiger charge is 2.28. The third kappa shape index (κ3) is 5.52. The van der Waals surface area contributed by atoms with Crippen LogP contribution >= 0.6 is 11.3 Å². The van der Waals surface area contributed by atoms with Crippen LogP contribution < -0.4 is 21.1 Å². The fourth-order valence-corrected chi connectivity index (χ4v) is 7.35. The molecule has 0 spiro atoms. The first-order chi connectivity index (χ1) is 22.3. The molecule has 7 rings (SSSR count). The van der Waals surface area contributed by atoms with Crippen molar-refractivity contribution in [2.24, 2.45) is 0 Å². The molecule has 0 atom stereocenters. The van der Waals surface area contributed by atoms with E-state index in [-0.39, 0.29) is 39.5 Å². The van der Waals surface area contributed by atoms with E-state index in [1.54, 1.807) is 48.1 Å². The van der Waals surface area contributed by atoms with E-state index in [1.807, 2.05) is 11.8 Å². The number of nitrogens with one attached hydrogen (secondary N) is 2. The molecule has 1 saturated heterocycles. The lowest BCUT2D eigenvalue weighted by Crippen LogP contribution is -2.43. The molecule has 0 bridgehead atoms. The summed E-state index contributed by atoms with van der Waals surface area (Å²) < 4.78 is 48.6. The van der Waals surface area contributed by atoms with Gasteiger partial charge in [-0.2, -0.15) is 4.98 Å². The van der Waals surface area contributed by atoms with E-state index in [4.69, 9.17) is 4.52 Å². The average Bonchev–Trinajstić information content (AvgIpc) is 3.72. The highest BCUT2D eigenvalue weighted by molar-refractivity contribution is 7.91. The summed E-state index contributed by atoms with van der Waals surface area (Å²) in [6.45, 7) is 4.62. The molecular formula is C31H27FN8O4S2. The Morgan fingerprint density at radius 2 is 1.87 bits per heavy atom. The van der Waals surface area contributed by atoms with E-state index < -0.39 is 15.4 Å². The van der Waals surface area contributed by atoms with Crippen LogP contribution in [0.25, 0.3) is 22.3 Å². The van der Waals surface area contributed by atoms with Crippen molar-refractivity contribution < 1.29 is 17.3 Å². The zero-order chi connectivity index (χ0) is 31.8. The highest BCUT2D eigenvalue weighted by atomic mass is 32.2. The van der Waals surface area contributed by atoms with Crippen LogP contribution in [0.3, 0.4) is 0 Å². The molecule has 1 fully saturated rings. The first-order valence-electron chi connectivity index (χ1n) is 14.4. The number of fused-ring (bicyclic) bond motifs is 1. The quantitative estimate of drug-likeness (QED) is 0.240. The summed E-state index contributed by atoms with van der Waals surface area (Å²) in [4.78, 5) is 30.4. The lowest BCUT2D eigenvalue weighted by Gasteiger charge is -2.29. The van der Waals surface area contributed by atoms with Crippen molar-refractivity contribution in [2.45, 2.75) is 23.5 Å². The molecule has 234 valence electrons. The first kappa shape index (κ1) is 29.7. The van der Waals surface area contributed by atoms with Gasteiger partial charge in [0.05, 0.1) is 45.7 Å². The van der Waals surface area contributed by atoms with Crippen molar-refractivity contribution >= 4 is 49.5 Å². The SMILES string of the molecule is Cc1scnc1-c1cc2cnc(Nc3ccc(N4CCNCC4)c(F)c3)nc2n(Cc2cnoc2S(=O)(=O)c2ccccc2)c1=O. The van der Waals surface area contributed by atoms with Crippen molar-refractivity contribution in [3.63, 3.8) is 0 Å². The van der Waals surface area contributed by atoms with Gasteiger partial charge in [-0.05, 0) is 43.3 Å². The number of benzene rings is 2. The van der Waals surface area contributed by atoms with Crippen LogP contribution in [-0.2, 0) is 16.4 Å². The van der Waals surface area contributed by atoms with Crippen molar-refractivity contribution in [1.29, 1.82) is 0 Å². The molecule has 0 amide bonds. The van der Waals surface area contributed by atoms with Gasteiger partial charge in [0.25, 0.3) is 10.7 Å². The van der Waals surface area contributed by atoms with Gasteiger partial charge in [0.1, 0.15) is 11.5 Å². The number of sulfone groups is 1. The van der Waals surface area contributed by atoms with E-state index in [0.717, 1.165) is 18.0 Å². The Labute approximate surface area is 266 Å². The smallest absolute Gasteiger partial charge is 0.262 e. The summed E-state index contributed by atoms with van der Waals surface area (Å²) in [6, 6.07) is 14.3. The number of aryl methyl sites for hydroxylation is 1. The van der Waals surface area contributed by atoms with Crippen molar-refractivity contribution in [3.05, 3.63) is 99.1 Å². The zero-order valence-corrected chi connectivity index (χ0v) is 26.1. The van der Waals surface area contributed by atoms with Gasteiger partial charge >= 0.3 is 0 Å². The summed E-state index contributed by atoms with van der Waals surface area (Å²) in [5.41, 5.74) is 3.36. The maximum Gasteiger partial charge on any atom is 0.262 e. The van der Waals surface area contributed by atoms with Crippen LogP contribution in [0, 0.1) is 12.7 Å². The first-order valence-corrected chi connectivity index (χ1v) is 16.7. The second-order valence-electron chi connectivity index (χ2n) is 10.7. The van der Waals surface area contributed by atoms with E-state index >= 15 is 4.39 Å². The molecule has 0 unspecified atom stereocenters. The molecule has 15 heteroatoms. The number of hydrogen-bond acceptors (Lipinski definition) is 12. The van der Waals surface area contributed by atoms with Gasteiger partial charge in [0.15, 0.2) is 0 Å². The van der Waals surface area contributed by atoms with Crippen molar-refractivity contribution in [1.82, 2.24) is 30.0 Å². The molecule has 0 aliphatic carbocycles. The van der Waals surface area contributed by atoms with Gasteiger partial charge in [-0.1, -0.05) is 23.4 Å². The number of thiazole rings is 1. The second-order valence-corrected chi connectivity index (χ2v) is 13.6. The van der Waals surface area contributed by atoms with Gasteiger partial charge in [-0.25, -0.2) is 22.8 Å². The van der Waals surface area contributed by atoms with Gasteiger partial charge in [-0.3, -0.25) is 9.36 Å². The molecule has 4 aromatic heterocycles. The summed E-state index contributed by atoms with van der Waals surface area (Å²) in [5, 5.41) is 10.2. The number of hydrogen-bond donors (Lipinski definition) is 2. The minimum Gasteiger partial charge on any atom is -0.367 e. The molecule has 1 aliphatic heterocycles. The van der Waals surface area contributed by atoms with Gasteiger partial charge in [0.2, 0.25) is 15.8 Å². The second kappa shape index (κ2) is 12.1. The van der Waals surface area contributed by atoms with E-state index in [9.17, 15) is 13.2 Å². The van der Waals surface area contributed by atoms with E-state index in [1.165, 1.54) is 40.3 Å². The molecule has 12 nitrogen and oxygen atoms in total. The predicted molar refractivity (Wildman–Crippen MR) is 172 cm³/mol. The summed E-state index contributed by atoms with van der Waals surface area (Å²) in [6.07, 6.45) is 2.82. The number of rotatable bonds is 8. The number of piperazine rings is 1. The number of aromatic nitrogens is 5. The Hall–Kier alpha value is -4.99. The standard InChI is InChI=1S/C31H27FN8O4S2/c1-19-27(35-18-45-19)24-13-20-15-34-31(37-22-7-8-26(25(32)14-22)39-11-9-33-10-12-39)38-28(20)40(29(24)41)17-21-16-36-44-30(21)46(42,43)23-5-3-2-4-6-23/h2-8,13-16,18,33H,9-12,17H2,1H3,(H,34,37,38). The predicted octanol–water partition coefficient (Wildman–Crippen LogP) is 4.38. The van der Waals surface area contributed by atoms with Crippen molar-refractivity contribution in [2.75, 3.05) is 36.4 Å². The van der Waals surface area contributed by atoms with Gasteiger partial charge < -0.3 is 20.1 Å². The summed E-state index contributed by atoms with van der Waals surface area (Å²) >= 11 is 1.40. The number of anilines is 3. The molecule has 6 aromatic rings. The minimum absolute atomic E-state index is 0.0288. The largest absolute Gasteiger partial charge is 0.367 e. The van der Waals surface area contributed by atoms with Crippen LogP contribution in [0.15, 0.2) is 91.8 Å². The number of halogens is 1. The minimum atomic E-state index is -4.08. The Bertz CT molecular complexity index is 2230. The highest BCUT2D eigenvalue weighted by Crippen LogP contribution is 2.29. The van der Waals surface area contributed by atoms with Crippen molar-refractivity contribution in [3.8, 4) is 11.3 Å². The number of pyridine rings is 1. The fraction of sp³-hybridized carbons (Fsp3) is 0.194. The van der Waals surface area contributed by atoms with Gasteiger partial charge in [0, 0.05) is 48.3 Å². The molecular weight excluding hydrogens is 632 g/mol. The molecule has 5 heterocycles. The zero-order valence-electron chi connectivity index (χ0n) is 24.5. The summed E-state index contributed by atoms with van der Waals surface area (Å²) in [7, 11) is -4.08. The monoisotopic (exact) mass is 658 g/mol. The normalized spacial score (nSPS) is 13.7. The summed E-state index contributed by atoms with van der Waals surface area (Å²) in [5.74, 6) is -0.262. The number of nitrogens with zero attached hydrogens (tertiary/aromatic N) is 6. The molecule has 2 aromatic carbocycles. The Morgan fingerprint density at radius 3 is 2.61 bits per heavy atom. The fourth-order valence-electron chi connectivity index (χ4n) is 5.43. The maximum absolute atomic E-state index is 15.1.